The van der Waals surface area contributed by atoms with Crippen molar-refractivity contribution in [1.82, 2.24) is 0 Å². The van der Waals surface area contributed by atoms with Gasteiger partial charge in [0.1, 0.15) is 41.1 Å². The van der Waals surface area contributed by atoms with Crippen LogP contribution < -0.4 is 0 Å². The SMILES string of the molecule is CCS[C@H]1O[C@H](CO[C@H]2O[C@H](COC(c3ccccc3)(c3ccccc3)c3ccccc3)[C@@H](OC(C)=O)[C@H](OC(C)=O)[C@@H]2OC(C)=O)[C@@H](OC(C)=O)[C@H](O[C@H]2O[C@H](COC(c3ccccc3)(c3ccccc3)c3ccccc3)[C@@H](OC(C)=O)[C@H](OC(C)=O)[C@@H]2OC(C)=O)[C@@H]1OC(C)=O. The molecule has 6 aromatic rings. The van der Waals surface area contributed by atoms with Crippen LogP contribution >= 0.6 is 11.8 Å². The van der Waals surface area contributed by atoms with Crippen LogP contribution in [0.25, 0.3) is 0 Å². The van der Waals surface area contributed by atoms with Gasteiger partial charge >= 0.3 is 47.8 Å². The number of hydrogen-bond donors (Lipinski definition) is 0. The summed E-state index contributed by atoms with van der Waals surface area (Å²) in [6, 6.07) is 56.0. The first-order valence-corrected chi connectivity index (χ1v) is 33.0. The van der Waals surface area contributed by atoms with Gasteiger partial charge in [-0.2, -0.15) is 0 Å². The molecule has 9 rings (SSSR count). The highest BCUT2D eigenvalue weighted by molar-refractivity contribution is 7.99. The molecule has 3 aliphatic rings. The molecule has 24 heteroatoms. The summed E-state index contributed by atoms with van der Waals surface area (Å²) in [5, 5.41) is 0. The molecular formula is C74H80O23S. The van der Waals surface area contributed by atoms with Gasteiger partial charge in [-0.15, -0.1) is 11.8 Å². The number of rotatable bonds is 27. The third-order valence-corrected chi connectivity index (χ3v) is 17.3. The van der Waals surface area contributed by atoms with E-state index in [1.807, 2.05) is 182 Å². The molecule has 0 spiro atoms. The van der Waals surface area contributed by atoms with Crippen LogP contribution in [0.4, 0.5) is 0 Å². The Morgan fingerprint density at radius 3 is 0.878 bits per heavy atom. The van der Waals surface area contributed by atoms with Crippen molar-refractivity contribution >= 4 is 59.5 Å². The zero-order chi connectivity index (χ0) is 70.1. The van der Waals surface area contributed by atoms with E-state index in [4.69, 9.17) is 71.1 Å². The summed E-state index contributed by atoms with van der Waals surface area (Å²) < 4.78 is 96.5. The van der Waals surface area contributed by atoms with Gasteiger partial charge in [0.05, 0.1) is 19.8 Å². The van der Waals surface area contributed by atoms with Crippen molar-refractivity contribution in [3.63, 3.8) is 0 Å². The molecule has 0 amide bonds. The molecule has 15 atom stereocenters. The number of carbonyl (C=O) groups excluding carboxylic acids is 8. The van der Waals surface area contributed by atoms with Gasteiger partial charge < -0.3 is 71.1 Å². The van der Waals surface area contributed by atoms with Crippen LogP contribution in [0.5, 0.6) is 0 Å². The largest absolute Gasteiger partial charge is 0.457 e. The number of benzene rings is 6. The number of thioether (sulfide) groups is 1. The average molecular weight is 1370 g/mol. The molecule has 3 aliphatic heterocycles. The molecule has 0 aromatic heterocycles. The highest BCUT2D eigenvalue weighted by atomic mass is 32.2. The van der Waals surface area contributed by atoms with E-state index in [2.05, 4.69) is 0 Å². The van der Waals surface area contributed by atoms with E-state index < -0.39 is 170 Å². The molecule has 3 saturated heterocycles. The normalized spacial score (nSPS) is 25.5. The summed E-state index contributed by atoms with van der Waals surface area (Å²) in [6.07, 6.45) is -23.0. The molecule has 0 radical (unpaired) electrons. The van der Waals surface area contributed by atoms with Crippen molar-refractivity contribution < 1.29 is 109 Å². The quantitative estimate of drug-likeness (QED) is 0.0264. The number of carbonyl (C=O) groups is 8. The zero-order valence-corrected chi connectivity index (χ0v) is 56.4. The maximum atomic E-state index is 13.7. The molecule has 23 nitrogen and oxygen atoms in total. The van der Waals surface area contributed by atoms with E-state index in [9.17, 15) is 38.4 Å². The fourth-order valence-electron chi connectivity index (χ4n) is 12.6. The van der Waals surface area contributed by atoms with E-state index in [1.165, 1.54) is 0 Å². The minimum absolute atomic E-state index is 0.306. The van der Waals surface area contributed by atoms with Gasteiger partial charge in [-0.05, 0) is 39.1 Å². The maximum absolute atomic E-state index is 13.7. The van der Waals surface area contributed by atoms with Crippen LogP contribution in [0, 0.1) is 0 Å². The van der Waals surface area contributed by atoms with E-state index in [0.29, 0.717) is 39.1 Å². The van der Waals surface area contributed by atoms with Crippen molar-refractivity contribution in [3.8, 4) is 0 Å². The van der Waals surface area contributed by atoms with Crippen molar-refractivity contribution in [2.45, 2.75) is 165 Å². The average Bonchev–Trinajstić information content (AvgIpc) is 0.757. The van der Waals surface area contributed by atoms with Gasteiger partial charge in [0.2, 0.25) is 0 Å². The fraction of sp³-hybridized carbons (Fsp3) is 0.405. The third kappa shape index (κ3) is 17.7. The number of ether oxygens (including phenoxy) is 15. The van der Waals surface area contributed by atoms with Crippen LogP contribution in [0.2, 0.25) is 0 Å². The molecule has 3 fully saturated rings. The Balaban J connectivity index is 1.13. The maximum Gasteiger partial charge on any atom is 0.303 e. The summed E-state index contributed by atoms with van der Waals surface area (Å²) in [5.41, 5.74) is 0.0689. The lowest BCUT2D eigenvalue weighted by Crippen LogP contribution is -2.67. The summed E-state index contributed by atoms with van der Waals surface area (Å²) in [7, 11) is 0. The molecule has 98 heavy (non-hydrogen) atoms. The van der Waals surface area contributed by atoms with Gasteiger partial charge in [-0.25, -0.2) is 0 Å². The van der Waals surface area contributed by atoms with E-state index >= 15 is 0 Å². The smallest absolute Gasteiger partial charge is 0.303 e. The van der Waals surface area contributed by atoms with Gasteiger partial charge in [-0.3, -0.25) is 38.4 Å². The third-order valence-electron chi connectivity index (χ3n) is 16.2. The minimum atomic E-state index is -1.91. The van der Waals surface area contributed by atoms with Gasteiger partial charge in [0.25, 0.3) is 0 Å². The molecule has 520 valence electrons. The van der Waals surface area contributed by atoms with Crippen LogP contribution in [0.1, 0.15) is 95.7 Å². The Morgan fingerprint density at radius 2 is 0.571 bits per heavy atom. The first-order chi connectivity index (χ1) is 47.1. The second-order valence-electron chi connectivity index (χ2n) is 23.3. The molecule has 3 heterocycles. The summed E-state index contributed by atoms with van der Waals surface area (Å²) in [6.45, 7) is 9.08. The van der Waals surface area contributed by atoms with Gasteiger partial charge in [0.15, 0.2) is 61.4 Å². The van der Waals surface area contributed by atoms with Crippen LogP contribution in [-0.4, -0.2) is 165 Å². The number of esters is 8. The van der Waals surface area contributed by atoms with Crippen LogP contribution in [0.3, 0.4) is 0 Å². The standard InChI is InChI=1S/C74H80O23S/c1-10-98-72-69(93-51(9)82)66(97-71-68(92-50(8)81)65(90-48(6)79)63(88-46(4)77)60(95-71)43-85-74(55-35-23-14-24-36-55,56-37-25-15-26-38-56)57-39-27-16-28-40-57)61(86-44(2)75)58(96-72)41-83-70-67(91-49(7)80)64(89-47(5)78)62(87-45(3)76)59(94-70)42-84-73(52-29-17-11-18-30-52,53-31-19-12-20-32-53)54-33-21-13-22-34-54/h11-40,58-72H,10,41-43H2,1-9H3/t58-,59-,60-,61-,62-,63-,64+,65+,66+,67+,68+,69+,70+,71-,72-/m1/s1. The molecule has 0 saturated carbocycles. The lowest BCUT2D eigenvalue weighted by Gasteiger charge is -2.49. The molecule has 0 unspecified atom stereocenters. The predicted octanol–water partition coefficient (Wildman–Crippen LogP) is 8.79. The molecule has 6 aromatic carbocycles. The summed E-state index contributed by atoms with van der Waals surface area (Å²) in [4.78, 5) is 107. The Morgan fingerprint density at radius 1 is 0.316 bits per heavy atom. The predicted molar refractivity (Wildman–Crippen MR) is 350 cm³/mol. The lowest BCUT2D eigenvalue weighted by atomic mass is 9.80. The first-order valence-electron chi connectivity index (χ1n) is 32.0. The van der Waals surface area contributed by atoms with Crippen molar-refractivity contribution in [1.29, 1.82) is 0 Å². The monoisotopic (exact) mass is 1370 g/mol. The molecular weight excluding hydrogens is 1290 g/mol. The number of hydrogen-bond acceptors (Lipinski definition) is 24. The Labute approximate surface area is 572 Å². The zero-order valence-electron chi connectivity index (χ0n) is 55.6. The second kappa shape index (κ2) is 34.1. The second-order valence-corrected chi connectivity index (χ2v) is 24.7. The highest BCUT2D eigenvalue weighted by Gasteiger charge is 2.59. The highest BCUT2D eigenvalue weighted by Crippen LogP contribution is 2.45. The van der Waals surface area contributed by atoms with E-state index in [1.54, 1.807) is 6.92 Å². The van der Waals surface area contributed by atoms with Gasteiger partial charge in [0, 0.05) is 55.4 Å². The minimum Gasteiger partial charge on any atom is -0.457 e. The van der Waals surface area contributed by atoms with E-state index in [0.717, 1.165) is 67.2 Å². The van der Waals surface area contributed by atoms with Gasteiger partial charge in [-0.1, -0.05) is 189 Å². The topological polar surface area (TPSA) is 275 Å². The fourth-order valence-corrected chi connectivity index (χ4v) is 13.6. The Hall–Kier alpha value is -8.85. The first kappa shape index (κ1) is 73.4. The Bertz CT molecular complexity index is 3430. The van der Waals surface area contributed by atoms with Crippen molar-refractivity contribution in [2.24, 2.45) is 0 Å². The molecule has 0 aliphatic carbocycles. The summed E-state index contributed by atoms with van der Waals surface area (Å²) >= 11 is 1.14. The van der Waals surface area contributed by atoms with E-state index in [-0.39, 0.29) is 0 Å². The summed E-state index contributed by atoms with van der Waals surface area (Å²) in [5.74, 6) is -6.73. The lowest BCUT2D eigenvalue weighted by molar-refractivity contribution is -0.347. The molecule has 0 bridgehead atoms. The van der Waals surface area contributed by atoms with Crippen LogP contribution in [-0.2, 0) is 121 Å². The Kier molecular flexibility index (Phi) is 25.5. The van der Waals surface area contributed by atoms with Crippen molar-refractivity contribution in [3.05, 3.63) is 215 Å². The van der Waals surface area contributed by atoms with Crippen molar-refractivity contribution in [2.75, 3.05) is 25.6 Å². The van der Waals surface area contributed by atoms with Crippen LogP contribution in [0.15, 0.2) is 182 Å². The molecule has 0 N–H and O–H groups in total.